The van der Waals surface area contributed by atoms with E-state index in [0.29, 0.717) is 24.3 Å². The Morgan fingerprint density at radius 2 is 1.75 bits per heavy atom. The van der Waals surface area contributed by atoms with Gasteiger partial charge in [-0.1, -0.05) is 18.2 Å². The molecule has 1 heterocycles. The van der Waals surface area contributed by atoms with Gasteiger partial charge in [0, 0.05) is 6.04 Å². The van der Waals surface area contributed by atoms with Gasteiger partial charge in [-0.15, -0.1) is 0 Å². The molecule has 148 valence electrons. The minimum absolute atomic E-state index is 0.186. The average molecular weight is 388 g/mol. The molecule has 1 atom stereocenters. The molecule has 28 heavy (non-hydrogen) atoms. The highest BCUT2D eigenvalue weighted by atomic mass is 19.1. The van der Waals surface area contributed by atoms with Gasteiger partial charge in [-0.05, 0) is 48.2 Å². The van der Waals surface area contributed by atoms with Gasteiger partial charge in [0.05, 0.1) is 7.11 Å². The van der Waals surface area contributed by atoms with E-state index in [9.17, 15) is 14.0 Å². The number of methoxy groups -OCH3 is 1. The Morgan fingerprint density at radius 3 is 2.50 bits per heavy atom. The number of carbonyl (C=O) groups excluding carboxylic acids is 2. The van der Waals surface area contributed by atoms with Gasteiger partial charge in [-0.25, -0.2) is 9.18 Å². The Hall–Kier alpha value is -3.29. The molecule has 1 aliphatic rings. The molecule has 0 saturated heterocycles. The van der Waals surface area contributed by atoms with Crippen LogP contribution in [0.2, 0.25) is 0 Å². The number of urea groups is 1. The molecular formula is C20H21FN2O5. The number of carbonyl (C=O) groups is 2. The predicted octanol–water partition coefficient (Wildman–Crippen LogP) is 2.18. The van der Waals surface area contributed by atoms with E-state index < -0.39 is 12.0 Å². The molecule has 0 aromatic heterocycles. The summed E-state index contributed by atoms with van der Waals surface area (Å²) in [4.78, 5) is 23.4. The van der Waals surface area contributed by atoms with Crippen LogP contribution in [-0.4, -0.2) is 38.5 Å². The molecule has 1 aliphatic heterocycles. The molecule has 3 rings (SSSR count). The van der Waals surface area contributed by atoms with Crippen LogP contribution in [0.5, 0.6) is 11.5 Å². The molecule has 0 saturated carbocycles. The van der Waals surface area contributed by atoms with Crippen molar-refractivity contribution in [2.75, 3.05) is 20.4 Å². The fourth-order valence-electron chi connectivity index (χ4n) is 2.89. The highest BCUT2D eigenvalue weighted by Crippen LogP contribution is 2.32. The van der Waals surface area contributed by atoms with Crippen LogP contribution in [0.15, 0.2) is 42.5 Å². The van der Waals surface area contributed by atoms with Crippen LogP contribution in [0.3, 0.4) is 0 Å². The monoisotopic (exact) mass is 388 g/mol. The van der Waals surface area contributed by atoms with Gasteiger partial charge in [0.2, 0.25) is 6.79 Å². The minimum Gasteiger partial charge on any atom is -0.468 e. The third-order valence-corrected chi connectivity index (χ3v) is 4.27. The summed E-state index contributed by atoms with van der Waals surface area (Å²) in [5, 5.41) is 5.31. The highest BCUT2D eigenvalue weighted by Gasteiger charge is 2.18. The first-order valence-electron chi connectivity index (χ1n) is 8.77. The normalized spacial score (nSPS) is 12.9. The van der Waals surface area contributed by atoms with Crippen LogP contribution >= 0.6 is 0 Å². The number of esters is 1. The lowest BCUT2D eigenvalue weighted by molar-refractivity contribution is -0.139. The van der Waals surface area contributed by atoms with Gasteiger partial charge in [-0.3, -0.25) is 4.79 Å². The molecule has 0 spiro atoms. The number of nitrogens with one attached hydrogen (secondary N) is 2. The summed E-state index contributed by atoms with van der Waals surface area (Å²) in [6.07, 6.45) is 1.00. The van der Waals surface area contributed by atoms with E-state index in [4.69, 9.17) is 9.47 Å². The van der Waals surface area contributed by atoms with E-state index in [1.165, 1.54) is 19.2 Å². The van der Waals surface area contributed by atoms with E-state index in [2.05, 4.69) is 15.4 Å². The zero-order valence-electron chi connectivity index (χ0n) is 15.4. The highest BCUT2D eigenvalue weighted by molar-refractivity contribution is 5.80. The minimum atomic E-state index is -0.541. The van der Waals surface area contributed by atoms with Crippen molar-refractivity contribution >= 4 is 12.0 Å². The van der Waals surface area contributed by atoms with E-state index in [1.54, 1.807) is 12.1 Å². The number of amides is 2. The Labute approximate surface area is 161 Å². The van der Waals surface area contributed by atoms with Gasteiger partial charge in [0.1, 0.15) is 12.4 Å². The van der Waals surface area contributed by atoms with E-state index in [-0.39, 0.29) is 25.2 Å². The first kappa shape index (κ1) is 19.5. The zero-order chi connectivity index (χ0) is 19.9. The Bertz CT molecular complexity index is 841. The number of hydrogen-bond donors (Lipinski definition) is 2. The Kier molecular flexibility index (Phi) is 6.31. The van der Waals surface area contributed by atoms with Crippen molar-refractivity contribution in [1.82, 2.24) is 10.6 Å². The summed E-state index contributed by atoms with van der Waals surface area (Å²) in [6, 6.07) is 10.9. The Balaban J connectivity index is 1.68. The number of rotatable bonds is 7. The van der Waals surface area contributed by atoms with Crippen molar-refractivity contribution in [3.63, 3.8) is 0 Å². The van der Waals surface area contributed by atoms with E-state index in [0.717, 1.165) is 11.1 Å². The van der Waals surface area contributed by atoms with Crippen LogP contribution in [0.1, 0.15) is 11.1 Å². The standard InChI is InChI=1S/C20H21FN2O5/c1-26-19(24)11-22-20(25)23-16(8-13-2-5-15(21)6-3-13)9-14-4-7-17-18(10-14)28-12-27-17/h2-7,10,16H,8-9,11-12H2,1H3,(H2,22,23,25). The van der Waals surface area contributed by atoms with Gasteiger partial charge in [0.15, 0.2) is 11.5 Å². The van der Waals surface area contributed by atoms with Crippen molar-refractivity contribution in [1.29, 1.82) is 0 Å². The summed E-state index contributed by atoms with van der Waals surface area (Å²) in [7, 11) is 1.25. The molecule has 8 heteroatoms. The number of ether oxygens (including phenoxy) is 3. The van der Waals surface area contributed by atoms with Gasteiger partial charge in [-0.2, -0.15) is 0 Å². The number of fused-ring (bicyclic) bond motifs is 1. The first-order valence-corrected chi connectivity index (χ1v) is 8.77. The molecule has 0 bridgehead atoms. The van der Waals surface area contributed by atoms with Gasteiger partial charge in [0.25, 0.3) is 0 Å². The molecule has 2 aromatic carbocycles. The third-order valence-electron chi connectivity index (χ3n) is 4.27. The predicted molar refractivity (Wildman–Crippen MR) is 98.7 cm³/mol. The van der Waals surface area contributed by atoms with Crippen molar-refractivity contribution in [2.24, 2.45) is 0 Å². The maximum absolute atomic E-state index is 13.2. The molecule has 0 aliphatic carbocycles. The quantitative estimate of drug-likeness (QED) is 0.710. The summed E-state index contributed by atoms with van der Waals surface area (Å²) in [5.41, 5.74) is 1.82. The van der Waals surface area contributed by atoms with Crippen molar-refractivity contribution in [3.05, 3.63) is 59.4 Å². The molecule has 2 aromatic rings. The second-order valence-corrected chi connectivity index (χ2v) is 6.32. The largest absolute Gasteiger partial charge is 0.468 e. The van der Waals surface area contributed by atoms with E-state index in [1.807, 2.05) is 18.2 Å². The molecular weight excluding hydrogens is 367 g/mol. The SMILES string of the molecule is COC(=O)CNC(=O)NC(Cc1ccc(F)cc1)Cc1ccc2c(c1)OCO2. The maximum Gasteiger partial charge on any atom is 0.325 e. The van der Waals surface area contributed by atoms with Crippen LogP contribution in [0.4, 0.5) is 9.18 Å². The van der Waals surface area contributed by atoms with E-state index >= 15 is 0 Å². The molecule has 2 N–H and O–H groups in total. The van der Waals surface area contributed by atoms with Crippen LogP contribution in [-0.2, 0) is 22.4 Å². The summed E-state index contributed by atoms with van der Waals surface area (Å²) in [6.45, 7) is -0.0401. The van der Waals surface area contributed by atoms with Crippen LogP contribution in [0, 0.1) is 5.82 Å². The van der Waals surface area contributed by atoms with Crippen LogP contribution in [0.25, 0.3) is 0 Å². The second kappa shape index (κ2) is 9.07. The van der Waals surface area contributed by atoms with Crippen molar-refractivity contribution in [2.45, 2.75) is 18.9 Å². The average Bonchev–Trinajstić information content (AvgIpc) is 3.15. The zero-order valence-corrected chi connectivity index (χ0v) is 15.4. The Morgan fingerprint density at radius 1 is 1.07 bits per heavy atom. The third kappa shape index (κ3) is 5.35. The number of hydrogen-bond acceptors (Lipinski definition) is 5. The lowest BCUT2D eigenvalue weighted by Gasteiger charge is -2.19. The van der Waals surface area contributed by atoms with Gasteiger partial charge >= 0.3 is 12.0 Å². The number of benzene rings is 2. The molecule has 7 nitrogen and oxygen atoms in total. The number of halogens is 1. The smallest absolute Gasteiger partial charge is 0.325 e. The van der Waals surface area contributed by atoms with Crippen molar-refractivity contribution in [3.8, 4) is 11.5 Å². The topological polar surface area (TPSA) is 85.9 Å². The molecule has 0 fully saturated rings. The second-order valence-electron chi connectivity index (χ2n) is 6.32. The molecule has 2 amide bonds. The van der Waals surface area contributed by atoms with Crippen LogP contribution < -0.4 is 20.1 Å². The fraction of sp³-hybridized carbons (Fsp3) is 0.300. The maximum atomic E-state index is 13.2. The summed E-state index contributed by atoms with van der Waals surface area (Å²) >= 11 is 0. The first-order chi connectivity index (χ1) is 13.5. The van der Waals surface area contributed by atoms with Crippen molar-refractivity contribution < 1.29 is 28.2 Å². The van der Waals surface area contributed by atoms with Gasteiger partial charge < -0.3 is 24.8 Å². The molecule has 0 radical (unpaired) electrons. The summed E-state index contributed by atoms with van der Waals surface area (Å²) < 4.78 is 28.4. The fourth-order valence-corrected chi connectivity index (χ4v) is 2.89. The molecule has 1 unspecified atom stereocenters. The lowest BCUT2D eigenvalue weighted by Crippen LogP contribution is -2.45. The lowest BCUT2D eigenvalue weighted by atomic mass is 9.98. The summed E-state index contributed by atoms with van der Waals surface area (Å²) in [5.74, 6) is 0.483.